The summed E-state index contributed by atoms with van der Waals surface area (Å²) in [5, 5.41) is 11.6. The number of nitrogens with zero attached hydrogens (tertiary/aromatic N) is 3. The molecule has 0 atom stereocenters. The zero-order valence-electron chi connectivity index (χ0n) is 14.0. The number of fused-ring (bicyclic) bond motifs is 1. The highest BCUT2D eigenvalue weighted by molar-refractivity contribution is 6.16. The number of carbonyl (C=O) groups excluding carboxylic acids is 1. The van der Waals surface area contributed by atoms with Crippen molar-refractivity contribution in [2.24, 2.45) is 0 Å². The second-order valence-corrected chi connectivity index (χ2v) is 6.13. The summed E-state index contributed by atoms with van der Waals surface area (Å²) in [4.78, 5) is 20.6. The molecule has 1 amide bonds. The van der Waals surface area contributed by atoms with Gasteiger partial charge in [0.15, 0.2) is 0 Å². The number of carbonyl (C=O) groups is 1. The predicted molar refractivity (Wildman–Crippen MR) is 94.6 cm³/mol. The summed E-state index contributed by atoms with van der Waals surface area (Å²) in [5.74, 6) is -0.00918. The van der Waals surface area contributed by atoms with E-state index in [1.807, 2.05) is 13.8 Å². The van der Waals surface area contributed by atoms with Crippen molar-refractivity contribution in [1.82, 2.24) is 9.97 Å². The third-order valence-corrected chi connectivity index (χ3v) is 4.08. The van der Waals surface area contributed by atoms with Gasteiger partial charge in [0.05, 0.1) is 11.3 Å². The van der Waals surface area contributed by atoms with Gasteiger partial charge in [-0.3, -0.25) is 10.2 Å². The summed E-state index contributed by atoms with van der Waals surface area (Å²) < 4.78 is 15.0. The van der Waals surface area contributed by atoms with Crippen molar-refractivity contribution in [3.05, 3.63) is 41.0 Å². The lowest BCUT2D eigenvalue weighted by Gasteiger charge is -2.17. The van der Waals surface area contributed by atoms with E-state index in [2.05, 4.69) is 15.3 Å². The summed E-state index contributed by atoms with van der Waals surface area (Å²) in [5.41, 5.74) is 7.19. The number of halogens is 1. The lowest BCUT2D eigenvalue weighted by atomic mass is 9.98. The van der Waals surface area contributed by atoms with E-state index in [0.29, 0.717) is 36.4 Å². The Morgan fingerprint density at radius 2 is 2.20 bits per heavy atom. The maximum absolute atomic E-state index is 15.0. The molecule has 25 heavy (non-hydrogen) atoms. The maximum Gasteiger partial charge on any atom is 0.214 e. The van der Waals surface area contributed by atoms with Gasteiger partial charge in [-0.05, 0) is 32.4 Å². The van der Waals surface area contributed by atoms with E-state index >= 15 is 0 Å². The Balaban J connectivity index is 2.08. The first-order valence-electron chi connectivity index (χ1n) is 7.93. The molecule has 1 aromatic carbocycles. The highest BCUT2D eigenvalue weighted by Gasteiger charge is 2.27. The average molecular weight is 342 g/mol. The van der Waals surface area contributed by atoms with E-state index in [9.17, 15) is 9.18 Å². The molecule has 8 heteroatoms. The number of hydrogen-bond acceptors (Lipinski definition) is 6. The molecule has 130 valence electrons. The van der Waals surface area contributed by atoms with Gasteiger partial charge in [0.1, 0.15) is 23.8 Å². The minimum absolute atomic E-state index is 0.0619. The Labute approximate surface area is 144 Å². The van der Waals surface area contributed by atoms with Gasteiger partial charge in [-0.2, -0.15) is 0 Å². The van der Waals surface area contributed by atoms with Crippen molar-refractivity contribution in [3.8, 4) is 0 Å². The number of nitrogen functional groups attached to an aromatic ring is 1. The van der Waals surface area contributed by atoms with Gasteiger partial charge in [-0.25, -0.2) is 14.4 Å². The van der Waals surface area contributed by atoms with Gasteiger partial charge in [0.2, 0.25) is 6.41 Å². The quantitative estimate of drug-likeness (QED) is 0.568. The van der Waals surface area contributed by atoms with Crippen LogP contribution in [0.25, 0.3) is 0 Å². The van der Waals surface area contributed by atoms with Crippen LogP contribution in [0.4, 0.5) is 21.7 Å². The molecule has 0 bridgehead atoms. The molecule has 0 spiro atoms. The maximum atomic E-state index is 15.0. The smallest absolute Gasteiger partial charge is 0.214 e. The van der Waals surface area contributed by atoms with Crippen molar-refractivity contribution in [2.75, 3.05) is 22.5 Å². The van der Waals surface area contributed by atoms with Gasteiger partial charge < -0.3 is 16.0 Å². The van der Waals surface area contributed by atoms with E-state index in [-0.39, 0.29) is 28.7 Å². The molecule has 0 saturated heterocycles. The highest BCUT2D eigenvalue weighted by atomic mass is 19.1. The van der Waals surface area contributed by atoms with Crippen LogP contribution in [0.2, 0.25) is 0 Å². The van der Waals surface area contributed by atoms with Gasteiger partial charge in [-0.15, -0.1) is 0 Å². The van der Waals surface area contributed by atoms with Crippen molar-refractivity contribution < 1.29 is 9.18 Å². The molecule has 2 heterocycles. The molecule has 0 unspecified atom stereocenters. The monoisotopic (exact) mass is 342 g/mol. The second kappa shape index (κ2) is 6.46. The molecule has 0 aliphatic carbocycles. The van der Waals surface area contributed by atoms with Crippen molar-refractivity contribution >= 4 is 29.4 Å². The lowest BCUT2D eigenvalue weighted by molar-refractivity contribution is -0.107. The van der Waals surface area contributed by atoms with E-state index in [0.717, 1.165) is 0 Å². The molecule has 4 N–H and O–H groups in total. The number of benzene rings is 1. The van der Waals surface area contributed by atoms with Gasteiger partial charge in [-0.1, -0.05) is 0 Å². The molecule has 1 aliphatic heterocycles. The molecule has 0 radical (unpaired) electrons. The van der Waals surface area contributed by atoms with Crippen LogP contribution >= 0.6 is 0 Å². The van der Waals surface area contributed by atoms with Gasteiger partial charge in [0.25, 0.3) is 0 Å². The number of nitrogens with one attached hydrogen (secondary N) is 2. The number of nitrogens with two attached hydrogens (primary N) is 1. The zero-order valence-corrected chi connectivity index (χ0v) is 14.0. The first kappa shape index (κ1) is 16.8. The fourth-order valence-electron chi connectivity index (χ4n) is 2.94. The summed E-state index contributed by atoms with van der Waals surface area (Å²) >= 11 is 0. The first-order valence-corrected chi connectivity index (χ1v) is 7.93. The van der Waals surface area contributed by atoms with Crippen molar-refractivity contribution in [2.45, 2.75) is 26.3 Å². The molecule has 2 aromatic rings. The summed E-state index contributed by atoms with van der Waals surface area (Å²) in [6.45, 7) is 4.29. The summed E-state index contributed by atoms with van der Waals surface area (Å²) in [7, 11) is 0. The third-order valence-electron chi connectivity index (χ3n) is 4.08. The molecule has 1 aliphatic rings. The Kier molecular flexibility index (Phi) is 4.35. The number of amides is 1. The molecular weight excluding hydrogens is 323 g/mol. The standard InChI is InChI=1S/C17H19FN6O/c1-9(2)23-17-13(16(20)21-7-22-17)15(19)11-3-4-12-10(14(11)18)5-6-24(12)8-25/h3-4,7-9,19H,5-6H2,1-2H3,(H3,20,21,22,23). The van der Waals surface area contributed by atoms with Crippen LogP contribution in [-0.2, 0) is 11.2 Å². The average Bonchev–Trinajstić information content (AvgIpc) is 2.98. The van der Waals surface area contributed by atoms with Crippen LogP contribution in [-0.4, -0.2) is 34.7 Å². The summed E-state index contributed by atoms with van der Waals surface area (Å²) in [6.07, 6.45) is 2.40. The first-order chi connectivity index (χ1) is 11.9. The number of aromatic nitrogens is 2. The molecular formula is C17H19FN6O. The molecule has 0 saturated carbocycles. The molecule has 0 fully saturated rings. The Morgan fingerprint density at radius 1 is 1.44 bits per heavy atom. The minimum atomic E-state index is -0.509. The van der Waals surface area contributed by atoms with Gasteiger partial charge in [0, 0.05) is 29.4 Å². The zero-order chi connectivity index (χ0) is 18.1. The number of anilines is 3. The van der Waals surface area contributed by atoms with E-state index in [1.54, 1.807) is 6.07 Å². The predicted octanol–water partition coefficient (Wildman–Crippen LogP) is 1.95. The second-order valence-electron chi connectivity index (χ2n) is 6.13. The largest absolute Gasteiger partial charge is 0.383 e. The Bertz CT molecular complexity index is 851. The van der Waals surface area contributed by atoms with Crippen LogP contribution in [0.1, 0.15) is 30.5 Å². The fourth-order valence-corrected chi connectivity index (χ4v) is 2.94. The van der Waals surface area contributed by atoms with E-state index < -0.39 is 5.82 Å². The third kappa shape index (κ3) is 2.90. The van der Waals surface area contributed by atoms with Crippen LogP contribution in [0.15, 0.2) is 18.5 Å². The SMILES string of the molecule is CC(C)Nc1ncnc(N)c1C(=N)c1ccc2c(c1F)CCN2C=O. The Morgan fingerprint density at radius 3 is 2.88 bits per heavy atom. The lowest BCUT2D eigenvalue weighted by Crippen LogP contribution is -2.19. The van der Waals surface area contributed by atoms with E-state index in [1.165, 1.54) is 17.3 Å². The van der Waals surface area contributed by atoms with E-state index in [4.69, 9.17) is 11.1 Å². The minimum Gasteiger partial charge on any atom is -0.383 e. The Hall–Kier alpha value is -3.03. The summed E-state index contributed by atoms with van der Waals surface area (Å²) in [6, 6.07) is 3.20. The molecule has 3 rings (SSSR count). The molecule has 7 nitrogen and oxygen atoms in total. The normalized spacial score (nSPS) is 13.0. The van der Waals surface area contributed by atoms with Gasteiger partial charge >= 0.3 is 0 Å². The number of hydrogen-bond donors (Lipinski definition) is 3. The fraction of sp³-hybridized carbons (Fsp3) is 0.294. The van der Waals surface area contributed by atoms with Crippen molar-refractivity contribution in [1.29, 1.82) is 5.41 Å². The number of rotatable bonds is 5. The van der Waals surface area contributed by atoms with Crippen molar-refractivity contribution in [3.63, 3.8) is 0 Å². The van der Waals surface area contributed by atoms with Crippen LogP contribution in [0.5, 0.6) is 0 Å². The highest BCUT2D eigenvalue weighted by Crippen LogP contribution is 2.33. The topological polar surface area (TPSA) is 108 Å². The molecule has 1 aromatic heterocycles. The van der Waals surface area contributed by atoms with Crippen LogP contribution < -0.4 is 16.0 Å². The van der Waals surface area contributed by atoms with Crippen LogP contribution in [0, 0.1) is 11.2 Å². The van der Waals surface area contributed by atoms with Crippen LogP contribution in [0.3, 0.4) is 0 Å².